The number of pyridine rings is 1. The monoisotopic (exact) mass is 199 g/mol. The second kappa shape index (κ2) is 4.00. The van der Waals surface area contributed by atoms with Crippen molar-refractivity contribution in [3.05, 3.63) is 36.5 Å². The van der Waals surface area contributed by atoms with Crippen molar-refractivity contribution in [2.45, 2.75) is 0 Å². The zero-order valence-electron chi connectivity index (χ0n) is 6.57. The van der Waals surface area contributed by atoms with Crippen molar-refractivity contribution in [1.82, 2.24) is 15.2 Å². The van der Waals surface area contributed by atoms with Crippen molar-refractivity contribution < 1.29 is 4.39 Å². The number of nitrogens with zero attached hydrogens (tertiary/aromatic N) is 2. The normalized spacial score (nSPS) is 9.31. The molecule has 0 fully saturated rings. The Balaban J connectivity index is 0.000000845. The predicted octanol–water partition coefficient (Wildman–Crippen LogP) is 2.03. The maximum Gasteiger partial charge on any atom is 0.212 e. The molecule has 0 atom stereocenters. The molecule has 0 amide bonds. The summed E-state index contributed by atoms with van der Waals surface area (Å²) < 4.78 is 12.4. The van der Waals surface area contributed by atoms with Gasteiger partial charge in [-0.2, -0.15) is 9.49 Å². The van der Waals surface area contributed by atoms with Crippen LogP contribution in [0.15, 0.2) is 30.6 Å². The van der Waals surface area contributed by atoms with Crippen LogP contribution < -0.4 is 0 Å². The molecule has 1 N–H and O–H groups in total. The summed E-state index contributed by atoms with van der Waals surface area (Å²) in [6.45, 7) is 0. The smallest absolute Gasteiger partial charge is 0.212 e. The molecule has 0 saturated heterocycles. The molecule has 2 aromatic rings. The maximum atomic E-state index is 12.4. The molecule has 0 bridgehead atoms. The number of nitrogens with one attached hydrogen (secondary N) is 1. The Morgan fingerprint density at radius 2 is 2.08 bits per heavy atom. The van der Waals surface area contributed by atoms with Gasteiger partial charge in [0.2, 0.25) is 5.95 Å². The molecule has 0 aromatic carbocycles. The van der Waals surface area contributed by atoms with Gasteiger partial charge in [0.25, 0.3) is 0 Å². The van der Waals surface area contributed by atoms with Crippen LogP contribution in [0.5, 0.6) is 0 Å². The first kappa shape index (κ1) is 9.67. The average molecular weight is 200 g/mol. The van der Waals surface area contributed by atoms with Crippen LogP contribution in [0.1, 0.15) is 0 Å². The average Bonchev–Trinajstić information content (AvgIpc) is 2.58. The third-order valence-corrected chi connectivity index (χ3v) is 1.54. The fourth-order valence-electron chi connectivity index (χ4n) is 0.952. The van der Waals surface area contributed by atoms with Crippen molar-refractivity contribution in [3.8, 4) is 11.3 Å². The van der Waals surface area contributed by atoms with E-state index in [9.17, 15) is 4.39 Å². The largest absolute Gasteiger partial charge is 0.278 e. The summed E-state index contributed by atoms with van der Waals surface area (Å²) in [6, 6.07) is 4.76. The number of H-pyrrole nitrogens is 1. The predicted molar refractivity (Wildman–Crippen MR) is 49.0 cm³/mol. The Kier molecular flexibility index (Phi) is 2.97. The lowest BCUT2D eigenvalue weighted by Gasteiger charge is -1.94. The van der Waals surface area contributed by atoms with Crippen molar-refractivity contribution in [2.24, 2.45) is 0 Å². The lowest BCUT2D eigenvalue weighted by molar-refractivity contribution is 0.584. The van der Waals surface area contributed by atoms with E-state index in [0.717, 1.165) is 11.3 Å². The minimum atomic E-state index is -0.474. The number of hydrogen-bond donors (Lipinski definition) is 1. The van der Waals surface area contributed by atoms with Crippen molar-refractivity contribution >= 4 is 12.4 Å². The van der Waals surface area contributed by atoms with E-state index in [0.29, 0.717) is 0 Å². The van der Waals surface area contributed by atoms with E-state index in [2.05, 4.69) is 15.2 Å². The van der Waals surface area contributed by atoms with Crippen molar-refractivity contribution in [1.29, 1.82) is 0 Å². The maximum absolute atomic E-state index is 12.4. The molecule has 0 saturated carbocycles. The molecule has 0 spiro atoms. The van der Waals surface area contributed by atoms with E-state index in [1.54, 1.807) is 18.3 Å². The van der Waals surface area contributed by atoms with Gasteiger partial charge in [0.05, 0.1) is 5.69 Å². The van der Waals surface area contributed by atoms with E-state index >= 15 is 0 Å². The SMILES string of the molecule is Cl.Fc1ccc(-c2ccn[nH]2)cn1. The second-order valence-electron chi connectivity index (χ2n) is 2.34. The van der Waals surface area contributed by atoms with E-state index in [-0.39, 0.29) is 12.4 Å². The summed E-state index contributed by atoms with van der Waals surface area (Å²) >= 11 is 0. The Morgan fingerprint density at radius 3 is 2.62 bits per heavy atom. The minimum absolute atomic E-state index is 0. The molecule has 0 aliphatic carbocycles. The third kappa shape index (κ3) is 2.03. The van der Waals surface area contributed by atoms with Gasteiger partial charge in [-0.3, -0.25) is 5.10 Å². The molecule has 0 aliphatic heterocycles. The Morgan fingerprint density at radius 1 is 1.23 bits per heavy atom. The molecule has 0 aliphatic rings. The number of halogens is 2. The summed E-state index contributed by atoms with van der Waals surface area (Å²) in [5, 5.41) is 6.53. The first-order valence-corrected chi connectivity index (χ1v) is 3.47. The summed E-state index contributed by atoms with van der Waals surface area (Å²) in [6.07, 6.45) is 3.10. The zero-order valence-corrected chi connectivity index (χ0v) is 7.38. The van der Waals surface area contributed by atoms with Crippen LogP contribution in [-0.4, -0.2) is 15.2 Å². The molecule has 2 heterocycles. The fourth-order valence-corrected chi connectivity index (χ4v) is 0.952. The molecule has 3 nitrogen and oxygen atoms in total. The Bertz CT molecular complexity index is 357. The molecule has 0 unspecified atom stereocenters. The van der Waals surface area contributed by atoms with Gasteiger partial charge in [0, 0.05) is 18.0 Å². The Hall–Kier alpha value is -1.42. The second-order valence-corrected chi connectivity index (χ2v) is 2.34. The number of rotatable bonds is 1. The van der Waals surface area contributed by atoms with Crippen LogP contribution in [0.3, 0.4) is 0 Å². The van der Waals surface area contributed by atoms with Gasteiger partial charge in [-0.25, -0.2) is 4.98 Å². The first-order valence-electron chi connectivity index (χ1n) is 3.47. The highest BCUT2D eigenvalue weighted by atomic mass is 35.5. The van der Waals surface area contributed by atoms with E-state index in [4.69, 9.17) is 0 Å². The van der Waals surface area contributed by atoms with Gasteiger partial charge in [-0.1, -0.05) is 0 Å². The molecular formula is C8H7ClFN3. The molecular weight excluding hydrogens is 193 g/mol. The van der Waals surface area contributed by atoms with E-state index in [1.807, 2.05) is 0 Å². The van der Waals surface area contributed by atoms with Crippen molar-refractivity contribution in [2.75, 3.05) is 0 Å². The van der Waals surface area contributed by atoms with Crippen LogP contribution >= 0.6 is 12.4 Å². The van der Waals surface area contributed by atoms with Crippen molar-refractivity contribution in [3.63, 3.8) is 0 Å². The Labute approximate surface area is 80.4 Å². The molecule has 13 heavy (non-hydrogen) atoms. The summed E-state index contributed by atoms with van der Waals surface area (Å²) in [7, 11) is 0. The van der Waals surface area contributed by atoms with Gasteiger partial charge in [0.1, 0.15) is 0 Å². The highest BCUT2D eigenvalue weighted by Crippen LogP contribution is 2.13. The standard InChI is InChI=1S/C8H6FN3.ClH/c9-8-2-1-6(5-10-8)7-3-4-11-12-7;/h1-5H,(H,11,12);1H. The number of aromatic nitrogens is 3. The van der Waals surface area contributed by atoms with Gasteiger partial charge < -0.3 is 0 Å². The molecule has 68 valence electrons. The minimum Gasteiger partial charge on any atom is -0.278 e. The first-order chi connectivity index (χ1) is 5.86. The third-order valence-electron chi connectivity index (χ3n) is 1.54. The van der Waals surface area contributed by atoms with Crippen LogP contribution in [-0.2, 0) is 0 Å². The number of hydrogen-bond acceptors (Lipinski definition) is 2. The molecule has 2 aromatic heterocycles. The zero-order chi connectivity index (χ0) is 8.39. The number of aromatic amines is 1. The van der Waals surface area contributed by atoms with Crippen LogP contribution in [0.4, 0.5) is 4.39 Å². The summed E-state index contributed by atoms with van der Waals surface area (Å²) in [5.74, 6) is -0.474. The lowest BCUT2D eigenvalue weighted by Crippen LogP contribution is -1.83. The van der Waals surface area contributed by atoms with Crippen LogP contribution in [0.2, 0.25) is 0 Å². The summed E-state index contributed by atoms with van der Waals surface area (Å²) in [4.78, 5) is 3.52. The van der Waals surface area contributed by atoms with Gasteiger partial charge in [-0.15, -0.1) is 12.4 Å². The topological polar surface area (TPSA) is 41.6 Å². The van der Waals surface area contributed by atoms with Gasteiger partial charge >= 0.3 is 0 Å². The van der Waals surface area contributed by atoms with Gasteiger partial charge in [0.15, 0.2) is 0 Å². The summed E-state index contributed by atoms with van der Waals surface area (Å²) in [5.41, 5.74) is 1.66. The van der Waals surface area contributed by atoms with Gasteiger partial charge in [-0.05, 0) is 18.2 Å². The lowest BCUT2D eigenvalue weighted by atomic mass is 10.2. The quantitative estimate of drug-likeness (QED) is 0.714. The van der Waals surface area contributed by atoms with E-state index in [1.165, 1.54) is 12.3 Å². The highest BCUT2D eigenvalue weighted by molar-refractivity contribution is 5.85. The van der Waals surface area contributed by atoms with Crippen LogP contribution in [0, 0.1) is 5.95 Å². The molecule has 5 heteroatoms. The highest BCUT2D eigenvalue weighted by Gasteiger charge is 1.98. The van der Waals surface area contributed by atoms with Crippen LogP contribution in [0.25, 0.3) is 11.3 Å². The van der Waals surface area contributed by atoms with E-state index < -0.39 is 5.95 Å². The fraction of sp³-hybridized carbons (Fsp3) is 0. The molecule has 0 radical (unpaired) electrons. The molecule has 2 rings (SSSR count).